The highest BCUT2D eigenvalue weighted by molar-refractivity contribution is 7.89. The van der Waals surface area contributed by atoms with Crippen LogP contribution in [-0.2, 0) is 10.0 Å². The van der Waals surface area contributed by atoms with Crippen LogP contribution in [0.15, 0.2) is 41.3 Å². The van der Waals surface area contributed by atoms with Gasteiger partial charge in [0.2, 0.25) is 10.0 Å². The Bertz CT molecular complexity index is 975. The van der Waals surface area contributed by atoms with Crippen molar-refractivity contribution in [2.24, 2.45) is 0 Å². The largest absolute Gasteiger partial charge is 0.368 e. The van der Waals surface area contributed by atoms with Crippen LogP contribution in [0.2, 0.25) is 0 Å². The quantitative estimate of drug-likeness (QED) is 0.830. The SMILES string of the molecule is Cc1ccc(C)c(S(=O)(=O)N2CCN(c3cccc(F)c3C#N)CC2)c1. The third-order valence-electron chi connectivity index (χ3n) is 4.64. The molecule has 3 rings (SSSR count). The Morgan fingerprint density at radius 3 is 2.42 bits per heavy atom. The maximum absolute atomic E-state index is 13.8. The van der Waals surface area contributed by atoms with Gasteiger partial charge in [-0.15, -0.1) is 0 Å². The molecule has 5 nitrogen and oxygen atoms in total. The van der Waals surface area contributed by atoms with Gasteiger partial charge in [0.05, 0.1) is 10.6 Å². The molecule has 0 unspecified atom stereocenters. The summed E-state index contributed by atoms with van der Waals surface area (Å²) in [6, 6.07) is 11.8. The molecule has 7 heteroatoms. The van der Waals surface area contributed by atoms with E-state index < -0.39 is 15.8 Å². The van der Waals surface area contributed by atoms with Gasteiger partial charge < -0.3 is 4.90 Å². The van der Waals surface area contributed by atoms with Crippen molar-refractivity contribution in [3.05, 3.63) is 58.9 Å². The summed E-state index contributed by atoms with van der Waals surface area (Å²) in [4.78, 5) is 2.19. The van der Waals surface area contributed by atoms with Crippen LogP contribution in [-0.4, -0.2) is 38.9 Å². The number of nitriles is 1. The van der Waals surface area contributed by atoms with E-state index >= 15 is 0 Å². The minimum Gasteiger partial charge on any atom is -0.368 e. The Morgan fingerprint density at radius 1 is 1.08 bits per heavy atom. The number of hydrogen-bond donors (Lipinski definition) is 0. The van der Waals surface area contributed by atoms with Gasteiger partial charge in [-0.2, -0.15) is 9.57 Å². The van der Waals surface area contributed by atoms with Crippen molar-refractivity contribution in [2.75, 3.05) is 31.1 Å². The van der Waals surface area contributed by atoms with Crippen LogP contribution in [0.25, 0.3) is 0 Å². The van der Waals surface area contributed by atoms with Crippen molar-refractivity contribution in [2.45, 2.75) is 18.7 Å². The molecule has 0 bridgehead atoms. The van der Waals surface area contributed by atoms with E-state index in [0.29, 0.717) is 23.7 Å². The molecule has 0 aromatic heterocycles. The molecule has 1 heterocycles. The monoisotopic (exact) mass is 373 g/mol. The average molecular weight is 373 g/mol. The van der Waals surface area contributed by atoms with Crippen LogP contribution in [0, 0.1) is 31.0 Å². The highest BCUT2D eigenvalue weighted by Crippen LogP contribution is 2.26. The fourth-order valence-electron chi connectivity index (χ4n) is 3.18. The van der Waals surface area contributed by atoms with E-state index in [4.69, 9.17) is 0 Å². The van der Waals surface area contributed by atoms with Crippen LogP contribution in [0.5, 0.6) is 0 Å². The van der Waals surface area contributed by atoms with E-state index in [-0.39, 0.29) is 18.7 Å². The van der Waals surface area contributed by atoms with Gasteiger partial charge in [-0.3, -0.25) is 0 Å². The fraction of sp³-hybridized carbons (Fsp3) is 0.316. The lowest BCUT2D eigenvalue weighted by atomic mass is 10.1. The smallest absolute Gasteiger partial charge is 0.243 e. The first-order valence-corrected chi connectivity index (χ1v) is 9.79. The topological polar surface area (TPSA) is 64.4 Å². The summed E-state index contributed by atoms with van der Waals surface area (Å²) in [5, 5.41) is 9.19. The summed E-state index contributed by atoms with van der Waals surface area (Å²) >= 11 is 0. The Morgan fingerprint density at radius 2 is 1.77 bits per heavy atom. The summed E-state index contributed by atoms with van der Waals surface area (Å²) in [6.45, 7) is 5.04. The van der Waals surface area contributed by atoms with Gasteiger partial charge in [0.1, 0.15) is 17.4 Å². The van der Waals surface area contributed by atoms with Crippen molar-refractivity contribution >= 4 is 15.7 Å². The van der Waals surface area contributed by atoms with Gasteiger partial charge in [-0.05, 0) is 43.2 Å². The second-order valence-electron chi connectivity index (χ2n) is 6.41. The van der Waals surface area contributed by atoms with Gasteiger partial charge in [0, 0.05) is 26.2 Å². The molecule has 0 spiro atoms. The number of halogens is 1. The second-order valence-corrected chi connectivity index (χ2v) is 8.31. The van der Waals surface area contributed by atoms with Gasteiger partial charge >= 0.3 is 0 Å². The molecule has 0 atom stereocenters. The molecule has 26 heavy (non-hydrogen) atoms. The van der Waals surface area contributed by atoms with Gasteiger partial charge in [-0.25, -0.2) is 12.8 Å². The van der Waals surface area contributed by atoms with Crippen molar-refractivity contribution in [3.63, 3.8) is 0 Å². The molecule has 0 radical (unpaired) electrons. The summed E-state index contributed by atoms with van der Waals surface area (Å²) < 4.78 is 41.2. The standard InChI is InChI=1S/C19H20FN3O2S/c1-14-6-7-15(2)19(12-14)26(24,25)23-10-8-22(9-11-23)18-5-3-4-17(20)16(18)13-21/h3-7,12H,8-11H2,1-2H3. The van der Waals surface area contributed by atoms with Crippen LogP contribution in [0.4, 0.5) is 10.1 Å². The van der Waals surface area contributed by atoms with Gasteiger partial charge in [0.15, 0.2) is 0 Å². The molecular weight excluding hydrogens is 353 g/mol. The number of rotatable bonds is 3. The third kappa shape index (κ3) is 3.30. The second kappa shape index (κ2) is 7.06. The number of benzene rings is 2. The Labute approximate surface area is 153 Å². The first-order valence-electron chi connectivity index (χ1n) is 8.35. The molecule has 2 aromatic carbocycles. The van der Waals surface area contributed by atoms with Crippen LogP contribution < -0.4 is 4.90 Å². The zero-order valence-corrected chi connectivity index (χ0v) is 15.6. The van der Waals surface area contributed by atoms with E-state index in [2.05, 4.69) is 0 Å². The van der Waals surface area contributed by atoms with E-state index in [9.17, 15) is 18.1 Å². The zero-order valence-electron chi connectivity index (χ0n) is 14.7. The predicted octanol–water partition coefficient (Wildman–Crippen LogP) is 2.83. The van der Waals surface area contributed by atoms with E-state index in [1.54, 1.807) is 25.1 Å². The van der Waals surface area contributed by atoms with E-state index in [1.807, 2.05) is 30.0 Å². The lowest BCUT2D eigenvalue weighted by Gasteiger charge is -2.36. The van der Waals surface area contributed by atoms with Crippen molar-refractivity contribution in [3.8, 4) is 6.07 Å². The summed E-state index contributed by atoms with van der Waals surface area (Å²) in [5.41, 5.74) is 2.12. The molecule has 2 aromatic rings. The number of hydrogen-bond acceptors (Lipinski definition) is 4. The number of aryl methyl sites for hydroxylation is 2. The summed E-state index contributed by atoms with van der Waals surface area (Å²) in [7, 11) is -3.58. The lowest BCUT2D eigenvalue weighted by Crippen LogP contribution is -2.49. The normalized spacial score (nSPS) is 15.7. The molecular formula is C19H20FN3O2S. The van der Waals surface area contributed by atoms with Gasteiger partial charge in [-0.1, -0.05) is 18.2 Å². The average Bonchev–Trinajstić information content (AvgIpc) is 2.63. The summed E-state index contributed by atoms with van der Waals surface area (Å²) in [5.74, 6) is -0.560. The van der Waals surface area contributed by atoms with Crippen LogP contribution in [0.1, 0.15) is 16.7 Å². The fourth-order valence-corrected chi connectivity index (χ4v) is 4.91. The van der Waals surface area contributed by atoms with Crippen molar-refractivity contribution in [1.82, 2.24) is 4.31 Å². The van der Waals surface area contributed by atoms with Crippen molar-refractivity contribution in [1.29, 1.82) is 5.26 Å². The molecule has 1 aliphatic heterocycles. The molecule has 0 N–H and O–H groups in total. The number of anilines is 1. The predicted molar refractivity (Wildman–Crippen MR) is 98.0 cm³/mol. The van der Waals surface area contributed by atoms with Crippen molar-refractivity contribution < 1.29 is 12.8 Å². The number of nitrogens with zero attached hydrogens (tertiary/aromatic N) is 3. The highest BCUT2D eigenvalue weighted by Gasteiger charge is 2.30. The van der Waals surface area contributed by atoms with Gasteiger partial charge in [0.25, 0.3) is 0 Å². The Balaban J connectivity index is 1.82. The number of sulfonamides is 1. The Kier molecular flexibility index (Phi) is 4.99. The first-order chi connectivity index (χ1) is 12.3. The molecule has 136 valence electrons. The minimum absolute atomic E-state index is 0.00154. The molecule has 1 aliphatic rings. The summed E-state index contributed by atoms with van der Waals surface area (Å²) in [6.07, 6.45) is 0. The molecule has 0 saturated carbocycles. The molecule has 0 aliphatic carbocycles. The maximum atomic E-state index is 13.8. The third-order valence-corrected chi connectivity index (χ3v) is 6.68. The van der Waals surface area contributed by atoms with Crippen LogP contribution >= 0.6 is 0 Å². The maximum Gasteiger partial charge on any atom is 0.243 e. The zero-order chi connectivity index (χ0) is 18.9. The molecule has 1 saturated heterocycles. The lowest BCUT2D eigenvalue weighted by molar-refractivity contribution is 0.384. The number of piperazine rings is 1. The highest BCUT2D eigenvalue weighted by atomic mass is 32.2. The molecule has 1 fully saturated rings. The Hall–Kier alpha value is -2.43. The van der Waals surface area contributed by atoms with E-state index in [1.165, 1.54) is 10.4 Å². The minimum atomic E-state index is -3.58. The first kappa shape index (κ1) is 18.4. The van der Waals surface area contributed by atoms with Crippen LogP contribution in [0.3, 0.4) is 0 Å². The molecule has 0 amide bonds. The van der Waals surface area contributed by atoms with E-state index in [0.717, 1.165) is 11.1 Å².